The maximum atomic E-state index is 10.6. The maximum Gasteiger partial charge on any atom is 0.161 e. The predicted molar refractivity (Wildman–Crippen MR) is 69.9 cm³/mol. The fraction of sp³-hybridized carbons (Fsp3) is 0.231. The third-order valence-corrected chi connectivity index (χ3v) is 3.41. The Labute approximate surface area is 109 Å². The topological polar surface area (TPSA) is 48.4 Å². The molecule has 0 spiro atoms. The molecular weight excluding hydrogens is 250 g/mol. The van der Waals surface area contributed by atoms with E-state index in [0.29, 0.717) is 22.8 Å². The first-order valence-corrected chi connectivity index (χ1v) is 6.19. The smallest absolute Gasteiger partial charge is 0.161 e. The molecule has 4 nitrogen and oxygen atoms in total. The highest BCUT2D eigenvalue weighted by atomic mass is 32.1. The summed E-state index contributed by atoms with van der Waals surface area (Å²) < 4.78 is 10.4. The average Bonchev–Trinajstić information content (AvgIpc) is 2.86. The van der Waals surface area contributed by atoms with E-state index in [9.17, 15) is 4.79 Å². The van der Waals surface area contributed by atoms with Crippen LogP contribution in [0.4, 0.5) is 0 Å². The first-order chi connectivity index (χ1) is 8.76. The van der Waals surface area contributed by atoms with Gasteiger partial charge >= 0.3 is 0 Å². The van der Waals surface area contributed by atoms with E-state index in [1.807, 2.05) is 18.2 Å². The Bertz CT molecular complexity index is 551. The molecule has 0 radical (unpaired) electrons. The molecule has 0 bridgehead atoms. The summed E-state index contributed by atoms with van der Waals surface area (Å²) in [6.45, 7) is 0. The number of nitrogens with zero attached hydrogens (tertiary/aromatic N) is 1. The molecule has 0 amide bonds. The normalized spacial score (nSPS) is 10.1. The number of benzene rings is 1. The minimum absolute atomic E-state index is 0.644. The highest BCUT2D eigenvalue weighted by Crippen LogP contribution is 2.28. The van der Waals surface area contributed by atoms with Gasteiger partial charge in [0.1, 0.15) is 0 Å². The van der Waals surface area contributed by atoms with Crippen LogP contribution in [0.15, 0.2) is 24.4 Å². The number of hydrogen-bond acceptors (Lipinski definition) is 5. The zero-order valence-corrected chi connectivity index (χ0v) is 11.0. The van der Waals surface area contributed by atoms with Crippen molar-refractivity contribution in [3.63, 3.8) is 0 Å². The van der Waals surface area contributed by atoms with Crippen molar-refractivity contribution in [3.8, 4) is 11.5 Å². The fourth-order valence-electron chi connectivity index (χ4n) is 1.63. The number of ether oxygens (including phenoxy) is 2. The summed E-state index contributed by atoms with van der Waals surface area (Å²) in [5.74, 6) is 1.40. The van der Waals surface area contributed by atoms with Crippen molar-refractivity contribution in [2.75, 3.05) is 14.2 Å². The molecule has 94 valence electrons. The Morgan fingerprint density at radius 3 is 2.67 bits per heavy atom. The summed E-state index contributed by atoms with van der Waals surface area (Å²) in [7, 11) is 3.21. The Morgan fingerprint density at radius 1 is 1.28 bits per heavy atom. The molecular formula is C13H13NO3S. The van der Waals surface area contributed by atoms with Crippen molar-refractivity contribution in [1.82, 2.24) is 4.98 Å². The Balaban J connectivity index is 2.21. The third kappa shape index (κ3) is 2.68. The van der Waals surface area contributed by atoms with Crippen molar-refractivity contribution in [2.45, 2.75) is 6.42 Å². The van der Waals surface area contributed by atoms with Crippen molar-refractivity contribution in [1.29, 1.82) is 0 Å². The Morgan fingerprint density at radius 2 is 2.06 bits per heavy atom. The molecule has 0 saturated carbocycles. The Kier molecular flexibility index (Phi) is 3.94. The van der Waals surface area contributed by atoms with E-state index in [-0.39, 0.29) is 0 Å². The minimum atomic E-state index is 0.644. The SMILES string of the molecule is COc1ccc(Cc2ncc(C=O)s2)cc1OC. The molecule has 1 aromatic carbocycles. The van der Waals surface area contributed by atoms with Gasteiger partial charge in [-0.15, -0.1) is 11.3 Å². The van der Waals surface area contributed by atoms with Crippen molar-refractivity contribution in [3.05, 3.63) is 39.8 Å². The van der Waals surface area contributed by atoms with Gasteiger partial charge in [0.05, 0.1) is 24.1 Å². The van der Waals surface area contributed by atoms with Gasteiger partial charge in [-0.05, 0) is 17.7 Å². The van der Waals surface area contributed by atoms with Crippen LogP contribution in [0.5, 0.6) is 11.5 Å². The first kappa shape index (κ1) is 12.6. The van der Waals surface area contributed by atoms with Crippen LogP contribution in [0.1, 0.15) is 20.2 Å². The van der Waals surface area contributed by atoms with Gasteiger partial charge < -0.3 is 9.47 Å². The molecule has 0 aliphatic rings. The van der Waals surface area contributed by atoms with Gasteiger partial charge in [0, 0.05) is 12.6 Å². The zero-order chi connectivity index (χ0) is 13.0. The molecule has 0 unspecified atom stereocenters. The van der Waals surface area contributed by atoms with Gasteiger partial charge in [-0.3, -0.25) is 4.79 Å². The van der Waals surface area contributed by atoms with Crippen LogP contribution in [0.25, 0.3) is 0 Å². The largest absolute Gasteiger partial charge is 0.493 e. The van der Waals surface area contributed by atoms with Crippen LogP contribution < -0.4 is 9.47 Å². The van der Waals surface area contributed by atoms with E-state index < -0.39 is 0 Å². The van der Waals surface area contributed by atoms with Crippen LogP contribution in [-0.2, 0) is 6.42 Å². The van der Waals surface area contributed by atoms with Gasteiger partial charge in [0.2, 0.25) is 0 Å². The van der Waals surface area contributed by atoms with Gasteiger partial charge in [-0.25, -0.2) is 4.98 Å². The fourth-order valence-corrected chi connectivity index (χ4v) is 2.40. The number of carbonyl (C=O) groups is 1. The molecule has 1 heterocycles. The summed E-state index contributed by atoms with van der Waals surface area (Å²) in [6.07, 6.45) is 3.09. The highest BCUT2D eigenvalue weighted by Gasteiger charge is 2.07. The lowest BCUT2D eigenvalue weighted by Crippen LogP contribution is -1.93. The number of aromatic nitrogens is 1. The first-order valence-electron chi connectivity index (χ1n) is 5.37. The van der Waals surface area contributed by atoms with Crippen LogP contribution >= 0.6 is 11.3 Å². The lowest BCUT2D eigenvalue weighted by Gasteiger charge is -2.08. The van der Waals surface area contributed by atoms with Crippen LogP contribution in [-0.4, -0.2) is 25.5 Å². The summed E-state index contributed by atoms with van der Waals surface area (Å²) >= 11 is 1.40. The predicted octanol–water partition coefficient (Wildman–Crippen LogP) is 2.56. The standard InChI is InChI=1S/C13H13NO3S/c1-16-11-4-3-9(5-12(11)17-2)6-13-14-7-10(8-15)18-13/h3-5,7-8H,6H2,1-2H3. The zero-order valence-electron chi connectivity index (χ0n) is 10.2. The Hall–Kier alpha value is -1.88. The second-order valence-electron chi connectivity index (χ2n) is 3.64. The van der Waals surface area contributed by atoms with E-state index in [0.717, 1.165) is 16.9 Å². The van der Waals surface area contributed by atoms with E-state index >= 15 is 0 Å². The molecule has 2 rings (SSSR count). The van der Waals surface area contributed by atoms with Crippen molar-refractivity contribution < 1.29 is 14.3 Å². The highest BCUT2D eigenvalue weighted by molar-refractivity contribution is 7.13. The summed E-state index contributed by atoms with van der Waals surface area (Å²) in [5.41, 5.74) is 1.07. The number of carbonyl (C=O) groups excluding carboxylic acids is 1. The van der Waals surface area contributed by atoms with E-state index in [4.69, 9.17) is 9.47 Å². The molecule has 5 heteroatoms. The monoisotopic (exact) mass is 263 g/mol. The molecule has 1 aromatic heterocycles. The van der Waals surface area contributed by atoms with Crippen LogP contribution in [0.2, 0.25) is 0 Å². The van der Waals surface area contributed by atoms with Crippen molar-refractivity contribution >= 4 is 17.6 Å². The van der Waals surface area contributed by atoms with E-state index in [1.165, 1.54) is 11.3 Å². The molecule has 0 N–H and O–H groups in total. The molecule has 2 aromatic rings. The van der Waals surface area contributed by atoms with Crippen molar-refractivity contribution in [2.24, 2.45) is 0 Å². The van der Waals surface area contributed by atoms with Crippen LogP contribution in [0.3, 0.4) is 0 Å². The third-order valence-electron chi connectivity index (χ3n) is 2.49. The minimum Gasteiger partial charge on any atom is -0.493 e. The van der Waals surface area contributed by atoms with Gasteiger partial charge in [0.25, 0.3) is 0 Å². The van der Waals surface area contributed by atoms with Gasteiger partial charge in [0.15, 0.2) is 17.8 Å². The second kappa shape index (κ2) is 5.64. The molecule has 0 aliphatic heterocycles. The maximum absolute atomic E-state index is 10.6. The number of rotatable bonds is 5. The second-order valence-corrected chi connectivity index (χ2v) is 4.79. The summed E-state index contributed by atoms with van der Waals surface area (Å²) in [5, 5.41) is 0.907. The van der Waals surface area contributed by atoms with Gasteiger partial charge in [-0.1, -0.05) is 6.07 Å². The number of hydrogen-bond donors (Lipinski definition) is 0. The molecule has 0 fully saturated rings. The number of methoxy groups -OCH3 is 2. The lowest BCUT2D eigenvalue weighted by atomic mass is 10.1. The van der Waals surface area contributed by atoms with Gasteiger partial charge in [-0.2, -0.15) is 0 Å². The van der Waals surface area contributed by atoms with Crippen LogP contribution in [0, 0.1) is 0 Å². The summed E-state index contributed by atoms with van der Waals surface area (Å²) in [4.78, 5) is 15.4. The quantitative estimate of drug-likeness (QED) is 0.778. The van der Waals surface area contributed by atoms with E-state index in [1.54, 1.807) is 20.4 Å². The average molecular weight is 263 g/mol. The summed E-state index contributed by atoms with van der Waals surface area (Å²) in [6, 6.07) is 5.74. The van der Waals surface area contributed by atoms with E-state index in [2.05, 4.69) is 4.98 Å². The number of aldehydes is 1. The lowest BCUT2D eigenvalue weighted by molar-refractivity contribution is 0.112. The molecule has 0 aliphatic carbocycles. The number of thiazole rings is 1. The molecule has 0 atom stereocenters. The molecule has 18 heavy (non-hydrogen) atoms. The molecule has 0 saturated heterocycles.